The van der Waals surface area contributed by atoms with Gasteiger partial charge in [-0.3, -0.25) is 9.80 Å². The molecule has 3 rings (SSSR count). The molecule has 1 aliphatic rings. The monoisotopic (exact) mass is 555 g/mol. The van der Waals surface area contributed by atoms with Crippen LogP contribution in [0.4, 0.5) is 5.69 Å². The highest BCUT2D eigenvalue weighted by Gasteiger charge is 2.40. The molecule has 0 saturated heterocycles. The smallest absolute Gasteiger partial charge is 0.263 e. The highest BCUT2D eigenvalue weighted by molar-refractivity contribution is 9.10. The Morgan fingerprint density at radius 1 is 1.15 bits per heavy atom. The molecule has 180 valence electrons. The summed E-state index contributed by atoms with van der Waals surface area (Å²) in [6, 6.07) is 13.2. The van der Waals surface area contributed by atoms with Crippen molar-refractivity contribution in [2.75, 3.05) is 18.6 Å². The number of carbonyl (C=O) groups is 1. The summed E-state index contributed by atoms with van der Waals surface area (Å²) >= 11 is 16.1. The number of amides is 1. The number of rotatable bonds is 8. The zero-order chi connectivity index (χ0) is 24.5. The summed E-state index contributed by atoms with van der Waals surface area (Å²) in [5.41, 5.74) is 5.31. The highest BCUT2D eigenvalue weighted by Crippen LogP contribution is 2.42. The molecule has 33 heavy (non-hydrogen) atoms. The molecule has 1 amide bonds. The number of anilines is 1. The van der Waals surface area contributed by atoms with Crippen LogP contribution in [-0.2, 0) is 4.79 Å². The van der Waals surface area contributed by atoms with Crippen molar-refractivity contribution < 1.29 is 9.80 Å². The lowest BCUT2D eigenvalue weighted by molar-refractivity contribution is -0.916. The summed E-state index contributed by atoms with van der Waals surface area (Å²) in [6.07, 6.45) is 3.37. The molecule has 1 aliphatic heterocycles. The number of benzene rings is 2. The molecule has 0 saturated carbocycles. The van der Waals surface area contributed by atoms with Crippen LogP contribution in [0.3, 0.4) is 0 Å². The van der Waals surface area contributed by atoms with E-state index in [9.17, 15) is 4.79 Å². The minimum Gasteiger partial charge on any atom is -0.263 e. The van der Waals surface area contributed by atoms with Crippen molar-refractivity contribution in [3.63, 3.8) is 0 Å². The molecule has 0 fully saturated rings. The minimum absolute atomic E-state index is 0.128. The Balaban J connectivity index is 0.00000187. The van der Waals surface area contributed by atoms with E-state index in [0.717, 1.165) is 46.5 Å². The Kier molecular flexibility index (Phi) is 11.2. The van der Waals surface area contributed by atoms with Gasteiger partial charge >= 0.3 is 5.91 Å². The fraction of sp³-hybridized carbons (Fsp3) is 0.440. The number of halogens is 3. The Bertz CT molecular complexity index is 952. The number of nitrogens with zero attached hydrogens (tertiary/aromatic N) is 2. The average Bonchev–Trinajstić information content (AvgIpc) is 3.13. The summed E-state index contributed by atoms with van der Waals surface area (Å²) in [6.45, 7) is 9.08. The van der Waals surface area contributed by atoms with E-state index in [1.165, 1.54) is 0 Å². The van der Waals surface area contributed by atoms with Crippen molar-refractivity contribution in [1.29, 1.82) is 0 Å². The van der Waals surface area contributed by atoms with E-state index in [4.69, 9.17) is 28.3 Å². The van der Waals surface area contributed by atoms with Gasteiger partial charge < -0.3 is 0 Å². The molecule has 2 aromatic rings. The van der Waals surface area contributed by atoms with Gasteiger partial charge in [0.2, 0.25) is 0 Å². The van der Waals surface area contributed by atoms with E-state index < -0.39 is 0 Å². The zero-order valence-corrected chi connectivity index (χ0v) is 23.1. The van der Waals surface area contributed by atoms with E-state index >= 15 is 0 Å². The second kappa shape index (κ2) is 13.3. The molecule has 2 aromatic carbocycles. The Labute approximate surface area is 216 Å². The molecule has 0 radical (unpaired) electrons. The zero-order valence-electron chi connectivity index (χ0n) is 20.0. The number of hydrogen-bond donors (Lipinski definition) is 2. The summed E-state index contributed by atoms with van der Waals surface area (Å²) in [5, 5.41) is 8.61. The Hall–Kier alpha value is -1.60. The van der Waals surface area contributed by atoms with Gasteiger partial charge in [0.05, 0.1) is 30.3 Å². The quantitative estimate of drug-likeness (QED) is 0.306. The van der Waals surface area contributed by atoms with Crippen molar-refractivity contribution in [2.45, 2.75) is 53.0 Å². The van der Waals surface area contributed by atoms with Gasteiger partial charge in [0.25, 0.3) is 0 Å². The minimum atomic E-state index is -0.159. The average molecular weight is 557 g/mol. The topological polar surface area (TPSA) is 49.1 Å². The predicted molar refractivity (Wildman–Crippen MR) is 143 cm³/mol. The van der Waals surface area contributed by atoms with Gasteiger partial charge in [-0.25, -0.2) is 5.01 Å². The fourth-order valence-electron chi connectivity index (χ4n) is 3.80. The Morgan fingerprint density at radius 2 is 1.82 bits per heavy atom. The van der Waals surface area contributed by atoms with Crippen molar-refractivity contribution in [2.24, 2.45) is 11.0 Å². The lowest BCUT2D eigenvalue weighted by Gasteiger charge is -2.27. The third-order valence-corrected chi connectivity index (χ3v) is 6.53. The number of nitrogens with one attached hydrogen (secondary N) is 2. The Morgan fingerprint density at radius 3 is 2.42 bits per heavy atom. The second-order valence-electron chi connectivity index (χ2n) is 7.90. The summed E-state index contributed by atoms with van der Waals surface area (Å²) in [5.74, 6) is -0.285. The first kappa shape index (κ1) is 27.6. The second-order valence-corrected chi connectivity index (χ2v) is 9.66. The van der Waals surface area contributed by atoms with Gasteiger partial charge in [-0.05, 0) is 48.7 Å². The standard InChI is InChI=1S/C23H27BrCl2N4O.C2H6/c1-4-5-6-13-29(3)28-23(31)21-15(2)22(16-7-9-17(24)10-8-16)30(27-21)20-12-11-18(25)14-19(20)26;1-2/h7-12,14-15,22H,4-6,13H2,1-3H3,(H,28,31);1-2H3/p+1. The molecule has 5 nitrogen and oxygen atoms in total. The van der Waals surface area contributed by atoms with Gasteiger partial charge in [-0.2, -0.15) is 10.5 Å². The first-order valence-corrected chi connectivity index (χ1v) is 13.1. The molecular formula is C25H34BrCl2N4O+. The predicted octanol–water partition coefficient (Wildman–Crippen LogP) is 6.07. The van der Waals surface area contributed by atoms with E-state index in [2.05, 4.69) is 28.3 Å². The van der Waals surface area contributed by atoms with Crippen LogP contribution in [0.25, 0.3) is 0 Å². The molecule has 3 unspecified atom stereocenters. The van der Waals surface area contributed by atoms with E-state index in [1.807, 2.05) is 63.2 Å². The molecule has 2 N–H and O–H groups in total. The molecule has 0 aromatic heterocycles. The largest absolute Gasteiger partial charge is 0.312 e. The molecule has 1 heterocycles. The van der Waals surface area contributed by atoms with Crippen LogP contribution in [0.2, 0.25) is 10.0 Å². The first-order valence-electron chi connectivity index (χ1n) is 11.5. The van der Waals surface area contributed by atoms with Gasteiger partial charge in [0.15, 0.2) is 0 Å². The van der Waals surface area contributed by atoms with Crippen molar-refractivity contribution in [3.05, 3.63) is 62.5 Å². The number of quaternary nitrogens is 1. The normalized spacial score (nSPS) is 18.3. The van der Waals surface area contributed by atoms with Gasteiger partial charge in [0.1, 0.15) is 5.71 Å². The number of unbranched alkanes of at least 4 members (excludes halogenated alkanes) is 2. The SMILES string of the molecule is CC.CCCCC[NH+](C)NC(=O)C1=NN(c2ccc(Cl)cc2Cl)C(c2ccc(Br)cc2)C1C. The van der Waals surface area contributed by atoms with Crippen LogP contribution in [0.1, 0.15) is 58.6 Å². The van der Waals surface area contributed by atoms with Gasteiger partial charge in [-0.15, -0.1) is 0 Å². The molecule has 0 spiro atoms. The van der Waals surface area contributed by atoms with Gasteiger partial charge in [0, 0.05) is 15.4 Å². The summed E-state index contributed by atoms with van der Waals surface area (Å²) in [7, 11) is 1.97. The lowest BCUT2D eigenvalue weighted by atomic mass is 9.91. The molecule has 3 atom stereocenters. The third-order valence-electron chi connectivity index (χ3n) is 5.47. The van der Waals surface area contributed by atoms with Gasteiger partial charge in [-0.1, -0.05) is 85.4 Å². The molecular weight excluding hydrogens is 523 g/mol. The van der Waals surface area contributed by atoms with Crippen LogP contribution in [0.5, 0.6) is 0 Å². The van der Waals surface area contributed by atoms with Crippen LogP contribution < -0.4 is 15.4 Å². The number of hydrogen-bond acceptors (Lipinski definition) is 3. The highest BCUT2D eigenvalue weighted by atomic mass is 79.9. The maximum absolute atomic E-state index is 13.1. The van der Waals surface area contributed by atoms with Crippen LogP contribution >= 0.6 is 39.1 Å². The van der Waals surface area contributed by atoms with E-state index in [1.54, 1.807) is 12.1 Å². The summed E-state index contributed by atoms with van der Waals surface area (Å²) in [4.78, 5) is 13.1. The van der Waals surface area contributed by atoms with E-state index in [0.29, 0.717) is 15.8 Å². The maximum Gasteiger partial charge on any atom is 0.312 e. The summed E-state index contributed by atoms with van der Waals surface area (Å²) < 4.78 is 0.995. The first-order chi connectivity index (χ1) is 15.8. The third kappa shape index (κ3) is 7.19. The maximum atomic E-state index is 13.1. The molecule has 8 heteroatoms. The number of hydrazone groups is 1. The number of carbonyl (C=O) groups excluding carboxylic acids is 1. The molecule has 0 bridgehead atoms. The van der Waals surface area contributed by atoms with E-state index in [-0.39, 0.29) is 17.9 Å². The van der Waals surface area contributed by atoms with Crippen LogP contribution in [-0.4, -0.2) is 25.2 Å². The lowest BCUT2D eigenvalue weighted by Crippen LogP contribution is -3.16. The fourth-order valence-corrected chi connectivity index (χ4v) is 4.56. The van der Waals surface area contributed by atoms with Crippen LogP contribution in [0.15, 0.2) is 52.0 Å². The van der Waals surface area contributed by atoms with Crippen LogP contribution in [0, 0.1) is 5.92 Å². The van der Waals surface area contributed by atoms with Crippen molar-refractivity contribution in [1.82, 2.24) is 5.43 Å². The van der Waals surface area contributed by atoms with Crippen molar-refractivity contribution >= 4 is 56.4 Å². The van der Waals surface area contributed by atoms with Crippen molar-refractivity contribution in [3.8, 4) is 0 Å². The molecule has 0 aliphatic carbocycles.